The Hall–Kier alpha value is -3.94. The van der Waals surface area contributed by atoms with Crippen molar-refractivity contribution in [2.45, 2.75) is 39.7 Å². The summed E-state index contributed by atoms with van der Waals surface area (Å²) in [5, 5.41) is 8.63. The number of hydrogen-bond acceptors (Lipinski definition) is 6. The molecule has 0 aliphatic carbocycles. The van der Waals surface area contributed by atoms with E-state index in [0.29, 0.717) is 6.61 Å². The molecule has 5 rings (SSSR count). The number of rotatable bonds is 7. The molecule has 36 heavy (non-hydrogen) atoms. The quantitative estimate of drug-likeness (QED) is 0.412. The van der Waals surface area contributed by atoms with Crippen LogP contribution in [0.5, 0.6) is 5.75 Å². The van der Waals surface area contributed by atoms with Gasteiger partial charge in [-0.15, -0.1) is 0 Å². The van der Waals surface area contributed by atoms with Gasteiger partial charge >= 0.3 is 0 Å². The van der Waals surface area contributed by atoms with E-state index in [4.69, 9.17) is 14.7 Å². The molecule has 2 aromatic heterocycles. The molecular weight excluding hydrogens is 452 g/mol. The molecule has 1 aliphatic heterocycles. The number of para-hydroxylation sites is 1. The van der Waals surface area contributed by atoms with Crippen molar-refractivity contribution < 1.29 is 9.53 Å². The minimum atomic E-state index is -0.110. The number of amides is 1. The van der Waals surface area contributed by atoms with Gasteiger partial charge in [-0.25, -0.2) is 14.6 Å². The SMILES string of the molecule is CCOc1ccc2nc(N3CCC(C(=O)N[C@@H](C)c4cnn(-c5ccccc5)c4)CC3)nc(C)c2c1. The Kier molecular flexibility index (Phi) is 6.84. The number of fused-ring (bicyclic) bond motifs is 1. The van der Waals surface area contributed by atoms with Crippen LogP contribution in [0.3, 0.4) is 0 Å². The van der Waals surface area contributed by atoms with Crippen molar-refractivity contribution in [1.82, 2.24) is 25.1 Å². The Morgan fingerprint density at radius 1 is 1.14 bits per heavy atom. The standard InChI is InChI=1S/C28H32N6O2/c1-4-36-24-10-11-26-25(16-24)20(3)31-28(32-26)33-14-12-21(13-15-33)27(35)30-19(2)22-17-29-34(18-22)23-8-6-5-7-9-23/h5-11,16-19,21H,4,12-15H2,1-3H3,(H,30,35)/t19-/m0/s1. The third-order valence-corrected chi connectivity index (χ3v) is 6.79. The molecule has 1 atom stereocenters. The largest absolute Gasteiger partial charge is 0.494 e. The number of piperidine rings is 1. The molecule has 0 bridgehead atoms. The number of anilines is 1. The second kappa shape index (κ2) is 10.4. The lowest BCUT2D eigenvalue weighted by Gasteiger charge is -2.32. The molecule has 4 aromatic rings. The van der Waals surface area contributed by atoms with Gasteiger partial charge in [0.2, 0.25) is 11.9 Å². The van der Waals surface area contributed by atoms with Crippen LogP contribution in [0, 0.1) is 12.8 Å². The summed E-state index contributed by atoms with van der Waals surface area (Å²) in [6.45, 7) is 8.11. The minimum Gasteiger partial charge on any atom is -0.494 e. The molecule has 1 N–H and O–H groups in total. The van der Waals surface area contributed by atoms with E-state index in [9.17, 15) is 4.79 Å². The number of carbonyl (C=O) groups excluding carboxylic acids is 1. The molecule has 1 saturated heterocycles. The summed E-state index contributed by atoms with van der Waals surface area (Å²) in [6.07, 6.45) is 5.33. The van der Waals surface area contributed by atoms with Gasteiger partial charge in [0.05, 0.1) is 35.7 Å². The van der Waals surface area contributed by atoms with E-state index in [1.807, 2.05) is 86.4 Å². The fourth-order valence-corrected chi connectivity index (χ4v) is 4.68. The minimum absolute atomic E-state index is 0.0248. The van der Waals surface area contributed by atoms with Crippen molar-refractivity contribution in [3.63, 3.8) is 0 Å². The summed E-state index contributed by atoms with van der Waals surface area (Å²) in [5.41, 5.74) is 3.82. The Morgan fingerprint density at radius 3 is 2.67 bits per heavy atom. The summed E-state index contributed by atoms with van der Waals surface area (Å²) < 4.78 is 7.45. The number of aromatic nitrogens is 4. The Balaban J connectivity index is 1.19. The fourth-order valence-electron chi connectivity index (χ4n) is 4.68. The molecule has 0 saturated carbocycles. The molecule has 8 heteroatoms. The molecule has 0 unspecified atom stereocenters. The van der Waals surface area contributed by atoms with Crippen molar-refractivity contribution in [1.29, 1.82) is 0 Å². The third-order valence-electron chi connectivity index (χ3n) is 6.79. The molecule has 2 aromatic carbocycles. The van der Waals surface area contributed by atoms with Crippen molar-refractivity contribution in [2.24, 2.45) is 5.92 Å². The Labute approximate surface area is 211 Å². The topological polar surface area (TPSA) is 85.2 Å². The van der Waals surface area contributed by atoms with E-state index in [1.54, 1.807) is 0 Å². The van der Waals surface area contributed by atoms with E-state index in [0.717, 1.165) is 65.5 Å². The molecule has 186 valence electrons. The van der Waals surface area contributed by atoms with Crippen LogP contribution in [0.4, 0.5) is 5.95 Å². The predicted octanol–water partition coefficient (Wildman–Crippen LogP) is 4.62. The molecule has 1 fully saturated rings. The summed E-state index contributed by atoms with van der Waals surface area (Å²) in [6, 6.07) is 15.8. The maximum Gasteiger partial charge on any atom is 0.226 e. The van der Waals surface area contributed by atoms with Crippen molar-refractivity contribution >= 4 is 22.8 Å². The van der Waals surface area contributed by atoms with Gasteiger partial charge in [0.15, 0.2) is 0 Å². The van der Waals surface area contributed by atoms with E-state index < -0.39 is 0 Å². The van der Waals surface area contributed by atoms with E-state index in [1.165, 1.54) is 0 Å². The van der Waals surface area contributed by atoms with Crippen LogP contribution >= 0.6 is 0 Å². The first-order chi connectivity index (χ1) is 17.5. The van der Waals surface area contributed by atoms with Crippen molar-refractivity contribution in [3.8, 4) is 11.4 Å². The van der Waals surface area contributed by atoms with Crippen LogP contribution in [0.25, 0.3) is 16.6 Å². The first-order valence-electron chi connectivity index (χ1n) is 12.6. The first kappa shape index (κ1) is 23.8. The average Bonchev–Trinajstić information content (AvgIpc) is 3.40. The van der Waals surface area contributed by atoms with E-state index in [2.05, 4.69) is 15.3 Å². The summed E-state index contributed by atoms with van der Waals surface area (Å²) in [7, 11) is 0. The lowest BCUT2D eigenvalue weighted by atomic mass is 9.95. The van der Waals surface area contributed by atoms with Gasteiger partial charge in [-0.3, -0.25) is 4.79 Å². The zero-order valence-corrected chi connectivity index (χ0v) is 21.0. The highest BCUT2D eigenvalue weighted by Gasteiger charge is 2.27. The smallest absolute Gasteiger partial charge is 0.226 e. The van der Waals surface area contributed by atoms with Gasteiger partial charge in [0, 0.05) is 36.2 Å². The highest BCUT2D eigenvalue weighted by Crippen LogP contribution is 2.27. The highest BCUT2D eigenvalue weighted by atomic mass is 16.5. The van der Waals surface area contributed by atoms with Gasteiger partial charge in [-0.1, -0.05) is 18.2 Å². The van der Waals surface area contributed by atoms with Crippen molar-refractivity contribution in [3.05, 3.63) is 72.2 Å². The monoisotopic (exact) mass is 484 g/mol. The number of nitrogens with one attached hydrogen (secondary N) is 1. The predicted molar refractivity (Wildman–Crippen MR) is 141 cm³/mol. The van der Waals surface area contributed by atoms with Gasteiger partial charge in [0.1, 0.15) is 5.75 Å². The maximum atomic E-state index is 13.0. The Bertz CT molecular complexity index is 1340. The first-order valence-corrected chi connectivity index (χ1v) is 12.6. The molecule has 0 spiro atoms. The number of benzene rings is 2. The second-order valence-electron chi connectivity index (χ2n) is 9.27. The molecule has 8 nitrogen and oxygen atoms in total. The lowest BCUT2D eigenvalue weighted by molar-refractivity contribution is -0.126. The van der Waals surface area contributed by atoms with Gasteiger partial charge in [0.25, 0.3) is 0 Å². The average molecular weight is 485 g/mol. The molecular formula is C28H32N6O2. The van der Waals surface area contributed by atoms with E-state index >= 15 is 0 Å². The Morgan fingerprint density at radius 2 is 1.92 bits per heavy atom. The molecule has 1 amide bonds. The maximum absolute atomic E-state index is 13.0. The van der Waals surface area contributed by atoms with Crippen LogP contribution < -0.4 is 15.0 Å². The third kappa shape index (κ3) is 5.03. The van der Waals surface area contributed by atoms with Gasteiger partial charge in [-0.05, 0) is 63.9 Å². The lowest BCUT2D eigenvalue weighted by Crippen LogP contribution is -2.41. The molecule has 1 aliphatic rings. The fraction of sp³-hybridized carbons (Fsp3) is 0.357. The number of carbonyl (C=O) groups is 1. The van der Waals surface area contributed by atoms with Gasteiger partial charge < -0.3 is 15.0 Å². The number of ether oxygens (including phenoxy) is 1. The van der Waals surface area contributed by atoms with Gasteiger partial charge in [-0.2, -0.15) is 5.10 Å². The highest BCUT2D eigenvalue weighted by molar-refractivity contribution is 5.83. The summed E-state index contributed by atoms with van der Waals surface area (Å²) >= 11 is 0. The zero-order valence-electron chi connectivity index (χ0n) is 21.0. The van der Waals surface area contributed by atoms with Crippen LogP contribution in [0.2, 0.25) is 0 Å². The van der Waals surface area contributed by atoms with Crippen LogP contribution in [-0.4, -0.2) is 45.4 Å². The zero-order chi connectivity index (χ0) is 25.1. The second-order valence-corrected chi connectivity index (χ2v) is 9.27. The van der Waals surface area contributed by atoms with Crippen LogP contribution in [0.15, 0.2) is 60.9 Å². The number of aryl methyl sites for hydroxylation is 1. The summed E-state index contributed by atoms with van der Waals surface area (Å²) in [4.78, 5) is 24.8. The molecule has 0 radical (unpaired) electrons. The van der Waals surface area contributed by atoms with Crippen molar-refractivity contribution in [2.75, 3.05) is 24.6 Å². The number of nitrogens with zero attached hydrogens (tertiary/aromatic N) is 5. The summed E-state index contributed by atoms with van der Waals surface area (Å²) in [5.74, 6) is 1.62. The molecule has 3 heterocycles. The van der Waals surface area contributed by atoms with E-state index in [-0.39, 0.29) is 17.9 Å². The van der Waals surface area contributed by atoms with Crippen LogP contribution in [-0.2, 0) is 4.79 Å². The number of hydrogen-bond donors (Lipinski definition) is 1. The van der Waals surface area contributed by atoms with Crippen LogP contribution in [0.1, 0.15) is 44.0 Å². The normalized spacial score (nSPS) is 15.1.